The minimum Gasteiger partial charge on any atom is -0.449 e. The van der Waals surface area contributed by atoms with Crippen molar-refractivity contribution in [3.8, 4) is 0 Å². The van der Waals surface area contributed by atoms with Gasteiger partial charge in [0.2, 0.25) is 0 Å². The molecule has 0 saturated carbocycles. The number of nitrogen functional groups attached to an aromatic ring is 1. The van der Waals surface area contributed by atoms with E-state index in [1.54, 1.807) is 12.1 Å². The number of furan rings is 1. The molecule has 0 unspecified atom stereocenters. The number of nitrogens with zero attached hydrogens (tertiary/aromatic N) is 1. The number of carbonyl (C=O) groups is 1. The van der Waals surface area contributed by atoms with E-state index in [1.807, 2.05) is 0 Å². The molecule has 4 N–H and O–H groups in total. The second-order valence-corrected chi connectivity index (χ2v) is 2.59. The molecule has 0 saturated heterocycles. The first-order valence-electron chi connectivity index (χ1n) is 3.62. The van der Waals surface area contributed by atoms with Gasteiger partial charge in [-0.05, 0) is 12.1 Å². The maximum absolute atomic E-state index is 10.7. The summed E-state index contributed by atoms with van der Waals surface area (Å²) in [5, 5.41) is 0. The molecule has 0 fully saturated rings. The Kier molecular flexibility index (Phi) is 1.45. The highest BCUT2D eigenvalue weighted by Gasteiger charge is 2.08. The number of fused-ring (bicyclic) bond motifs is 1. The van der Waals surface area contributed by atoms with Gasteiger partial charge in [-0.15, -0.1) is 0 Å². The summed E-state index contributed by atoms with van der Waals surface area (Å²) in [5.74, 6) is -0.144. The van der Waals surface area contributed by atoms with E-state index in [9.17, 15) is 4.79 Å². The number of carbonyl (C=O) groups excluding carboxylic acids is 1. The van der Waals surface area contributed by atoms with Crippen LogP contribution in [0.25, 0.3) is 11.1 Å². The fraction of sp³-hybridized carbons (Fsp3) is 0. The van der Waals surface area contributed by atoms with Gasteiger partial charge in [-0.2, -0.15) is 0 Å². The first-order chi connectivity index (χ1) is 6.16. The highest BCUT2D eigenvalue weighted by atomic mass is 16.3. The Balaban J connectivity index is 2.68. The summed E-state index contributed by atoms with van der Waals surface area (Å²) in [6.45, 7) is 0. The molecule has 0 bridgehead atoms. The summed E-state index contributed by atoms with van der Waals surface area (Å²) in [7, 11) is 0. The zero-order valence-electron chi connectivity index (χ0n) is 6.65. The normalized spacial score (nSPS) is 10.5. The summed E-state index contributed by atoms with van der Waals surface area (Å²) < 4.78 is 5.09. The number of anilines is 1. The molecule has 13 heavy (non-hydrogen) atoms. The first-order valence-corrected chi connectivity index (χ1v) is 3.62. The first kappa shape index (κ1) is 7.60. The molecule has 0 atom stereocenters. The summed E-state index contributed by atoms with van der Waals surface area (Å²) >= 11 is 0. The van der Waals surface area contributed by atoms with Gasteiger partial charge in [0.05, 0.1) is 0 Å². The number of pyridine rings is 1. The minimum atomic E-state index is -0.614. The summed E-state index contributed by atoms with van der Waals surface area (Å²) in [4.78, 5) is 14.7. The third-order valence-corrected chi connectivity index (χ3v) is 1.64. The molecule has 5 heteroatoms. The molecule has 0 aliphatic carbocycles. The number of nitrogens with two attached hydrogens (primary N) is 2. The smallest absolute Gasteiger partial charge is 0.284 e. The third kappa shape index (κ3) is 1.20. The Hall–Kier alpha value is -2.04. The summed E-state index contributed by atoms with van der Waals surface area (Å²) in [6.07, 6.45) is 0. The number of hydrogen-bond donors (Lipinski definition) is 2. The summed E-state index contributed by atoms with van der Waals surface area (Å²) in [6, 6.07) is 4.70. The lowest BCUT2D eigenvalue weighted by Crippen LogP contribution is -2.08. The molecule has 66 valence electrons. The van der Waals surface area contributed by atoms with Crippen LogP contribution in [0.15, 0.2) is 22.6 Å². The van der Waals surface area contributed by atoms with Crippen LogP contribution in [-0.4, -0.2) is 10.9 Å². The number of aromatic nitrogens is 1. The van der Waals surface area contributed by atoms with Crippen LogP contribution in [0.4, 0.5) is 5.82 Å². The van der Waals surface area contributed by atoms with Crippen LogP contribution in [0.5, 0.6) is 0 Å². The van der Waals surface area contributed by atoms with Gasteiger partial charge in [-0.1, -0.05) is 0 Å². The second-order valence-electron chi connectivity index (χ2n) is 2.59. The highest BCUT2D eigenvalue weighted by molar-refractivity contribution is 5.94. The maximum Gasteiger partial charge on any atom is 0.284 e. The molecule has 0 aliphatic rings. The molecule has 1 amide bonds. The molecule has 0 radical (unpaired) electrons. The van der Waals surface area contributed by atoms with Crippen LogP contribution < -0.4 is 11.5 Å². The van der Waals surface area contributed by atoms with E-state index >= 15 is 0 Å². The van der Waals surface area contributed by atoms with E-state index in [2.05, 4.69) is 4.98 Å². The van der Waals surface area contributed by atoms with Crippen molar-refractivity contribution in [2.45, 2.75) is 0 Å². The van der Waals surface area contributed by atoms with Crippen LogP contribution in [-0.2, 0) is 0 Å². The Bertz CT molecular complexity index is 475. The van der Waals surface area contributed by atoms with E-state index in [-0.39, 0.29) is 5.76 Å². The monoisotopic (exact) mass is 177 g/mol. The molecule has 2 aromatic rings. The molecular formula is C8H7N3O2. The van der Waals surface area contributed by atoms with Crippen LogP contribution in [0.2, 0.25) is 0 Å². The molecule has 2 aromatic heterocycles. The van der Waals surface area contributed by atoms with Crippen molar-refractivity contribution >= 4 is 22.8 Å². The van der Waals surface area contributed by atoms with Gasteiger partial charge in [0.1, 0.15) is 11.3 Å². The van der Waals surface area contributed by atoms with Gasteiger partial charge in [-0.3, -0.25) is 4.79 Å². The van der Waals surface area contributed by atoms with E-state index in [4.69, 9.17) is 15.9 Å². The Morgan fingerprint density at radius 1 is 1.46 bits per heavy atom. The van der Waals surface area contributed by atoms with Crippen molar-refractivity contribution in [3.63, 3.8) is 0 Å². The van der Waals surface area contributed by atoms with Crippen molar-refractivity contribution in [3.05, 3.63) is 24.0 Å². The number of hydrogen-bond acceptors (Lipinski definition) is 4. The minimum absolute atomic E-state index is 0.0908. The highest BCUT2D eigenvalue weighted by Crippen LogP contribution is 2.17. The quantitative estimate of drug-likeness (QED) is 0.663. The zero-order valence-corrected chi connectivity index (χ0v) is 6.65. The van der Waals surface area contributed by atoms with Crippen molar-refractivity contribution in [2.24, 2.45) is 5.73 Å². The Morgan fingerprint density at radius 2 is 2.23 bits per heavy atom. The second kappa shape index (κ2) is 2.48. The molecular weight excluding hydrogens is 170 g/mol. The SMILES string of the molecule is NC(=O)c1cc2nc(N)ccc2o1. The number of primary amides is 1. The largest absolute Gasteiger partial charge is 0.449 e. The van der Waals surface area contributed by atoms with E-state index < -0.39 is 5.91 Å². The number of rotatable bonds is 1. The predicted molar refractivity (Wildman–Crippen MR) is 46.9 cm³/mol. The Morgan fingerprint density at radius 3 is 2.92 bits per heavy atom. The lowest BCUT2D eigenvalue weighted by Gasteiger charge is -1.88. The van der Waals surface area contributed by atoms with Gasteiger partial charge < -0.3 is 15.9 Å². The Labute approximate surface area is 73.3 Å². The van der Waals surface area contributed by atoms with Crippen LogP contribution >= 0.6 is 0 Å². The van der Waals surface area contributed by atoms with Gasteiger partial charge >= 0.3 is 0 Å². The molecule has 0 aliphatic heterocycles. The van der Waals surface area contributed by atoms with Crippen LogP contribution in [0.3, 0.4) is 0 Å². The van der Waals surface area contributed by atoms with Crippen molar-refractivity contribution in [2.75, 3.05) is 5.73 Å². The summed E-state index contributed by atoms with van der Waals surface area (Å²) in [5.41, 5.74) is 11.5. The third-order valence-electron chi connectivity index (χ3n) is 1.64. The molecule has 2 rings (SSSR count). The zero-order chi connectivity index (χ0) is 9.42. The number of amides is 1. The van der Waals surface area contributed by atoms with E-state index in [0.717, 1.165) is 0 Å². The van der Waals surface area contributed by atoms with Crippen LogP contribution in [0.1, 0.15) is 10.6 Å². The van der Waals surface area contributed by atoms with Crippen molar-refractivity contribution in [1.29, 1.82) is 0 Å². The lowest BCUT2D eigenvalue weighted by molar-refractivity contribution is 0.0976. The van der Waals surface area contributed by atoms with Gasteiger partial charge in [-0.25, -0.2) is 4.98 Å². The average Bonchev–Trinajstić information content (AvgIpc) is 2.46. The average molecular weight is 177 g/mol. The van der Waals surface area contributed by atoms with Gasteiger partial charge in [0.25, 0.3) is 5.91 Å². The molecule has 2 heterocycles. The molecule has 5 nitrogen and oxygen atoms in total. The fourth-order valence-corrected chi connectivity index (χ4v) is 1.06. The molecule has 0 spiro atoms. The standard InChI is InChI=1S/C8H7N3O2/c9-7-2-1-5-4(11-7)3-6(13-5)8(10)12/h1-3H,(H2,9,11)(H2,10,12). The molecule has 0 aromatic carbocycles. The van der Waals surface area contributed by atoms with E-state index in [1.165, 1.54) is 6.07 Å². The van der Waals surface area contributed by atoms with E-state index in [0.29, 0.717) is 16.9 Å². The fourth-order valence-electron chi connectivity index (χ4n) is 1.06. The van der Waals surface area contributed by atoms with Gasteiger partial charge in [0.15, 0.2) is 11.3 Å². The van der Waals surface area contributed by atoms with Gasteiger partial charge in [0, 0.05) is 6.07 Å². The topological polar surface area (TPSA) is 95.1 Å². The maximum atomic E-state index is 10.7. The van der Waals surface area contributed by atoms with Crippen molar-refractivity contribution < 1.29 is 9.21 Å². The van der Waals surface area contributed by atoms with Crippen molar-refractivity contribution in [1.82, 2.24) is 4.98 Å². The predicted octanol–water partition coefficient (Wildman–Crippen LogP) is 0.509. The lowest BCUT2D eigenvalue weighted by atomic mass is 10.3. The van der Waals surface area contributed by atoms with Crippen LogP contribution in [0, 0.1) is 0 Å².